The van der Waals surface area contributed by atoms with Crippen molar-refractivity contribution in [2.75, 3.05) is 37.4 Å². The van der Waals surface area contributed by atoms with Crippen molar-refractivity contribution in [2.24, 2.45) is 0 Å². The Bertz CT molecular complexity index is 1510. The molecule has 3 aromatic heterocycles. The summed E-state index contributed by atoms with van der Waals surface area (Å²) in [6.07, 6.45) is 4.39. The number of amides is 1. The molecule has 0 aliphatic carbocycles. The standard InChI is InChI=1S/C27H27FN6O3/c1-33(2)27(37)16-3-5-20(28)19(13-16)22-14-23(25-21(31-22)7-10-29-26(25)36)32-24-6-4-17(15-30-24)34-11-8-18(35)9-12-34/h3-7,10,13-15,18,35H,8-9,11-12H2,1-2H3,(H,29,36)(H,30,31,32). The zero-order valence-corrected chi connectivity index (χ0v) is 20.5. The number of rotatable bonds is 5. The highest BCUT2D eigenvalue weighted by Gasteiger charge is 2.19. The van der Waals surface area contributed by atoms with E-state index in [1.165, 1.54) is 29.3 Å². The van der Waals surface area contributed by atoms with Crippen molar-refractivity contribution in [1.82, 2.24) is 19.9 Å². The Morgan fingerprint density at radius 2 is 1.95 bits per heavy atom. The lowest BCUT2D eigenvalue weighted by Gasteiger charge is -2.31. The molecule has 4 aromatic rings. The molecule has 1 fully saturated rings. The molecule has 0 atom stereocenters. The maximum absolute atomic E-state index is 14.9. The summed E-state index contributed by atoms with van der Waals surface area (Å²) in [6.45, 7) is 1.51. The van der Waals surface area contributed by atoms with Crippen molar-refractivity contribution < 1.29 is 14.3 Å². The van der Waals surface area contributed by atoms with E-state index in [-0.39, 0.29) is 28.8 Å². The molecule has 5 rings (SSSR count). The second-order valence-electron chi connectivity index (χ2n) is 9.26. The van der Waals surface area contributed by atoms with Crippen molar-refractivity contribution in [3.63, 3.8) is 0 Å². The third kappa shape index (κ3) is 5.01. The SMILES string of the molecule is CN(C)C(=O)c1ccc(F)c(-c2cc(Nc3ccc(N4CCC(O)CC4)cn3)c3c(=O)[nH]ccc3n2)c1. The van der Waals surface area contributed by atoms with Gasteiger partial charge in [-0.1, -0.05) is 0 Å². The molecule has 0 bridgehead atoms. The summed E-state index contributed by atoms with van der Waals surface area (Å²) in [7, 11) is 3.25. The first kappa shape index (κ1) is 24.4. The predicted octanol–water partition coefficient (Wildman–Crippen LogP) is 3.53. The van der Waals surface area contributed by atoms with E-state index in [1.807, 2.05) is 6.07 Å². The van der Waals surface area contributed by atoms with Crippen LogP contribution in [0.2, 0.25) is 0 Å². The van der Waals surface area contributed by atoms with E-state index in [1.54, 1.807) is 38.5 Å². The molecule has 10 heteroatoms. The summed E-state index contributed by atoms with van der Waals surface area (Å²) in [5.74, 6) is -0.295. The number of hydrogen-bond donors (Lipinski definition) is 3. The molecule has 1 aromatic carbocycles. The molecule has 1 aliphatic rings. The van der Waals surface area contributed by atoms with Crippen molar-refractivity contribution in [2.45, 2.75) is 18.9 Å². The molecule has 0 unspecified atom stereocenters. The first-order valence-corrected chi connectivity index (χ1v) is 12.0. The van der Waals surface area contributed by atoms with Gasteiger partial charge in [0.05, 0.1) is 40.3 Å². The fraction of sp³-hybridized carbons (Fsp3) is 0.259. The number of carbonyl (C=O) groups excluding carboxylic acids is 1. The van der Waals surface area contributed by atoms with E-state index in [2.05, 4.69) is 25.2 Å². The van der Waals surface area contributed by atoms with Crippen LogP contribution < -0.4 is 15.8 Å². The molecular weight excluding hydrogens is 475 g/mol. The predicted molar refractivity (Wildman–Crippen MR) is 141 cm³/mol. The molecule has 0 saturated carbocycles. The van der Waals surface area contributed by atoms with Gasteiger partial charge in [-0.25, -0.2) is 14.4 Å². The number of carbonyl (C=O) groups is 1. The van der Waals surface area contributed by atoms with Crippen molar-refractivity contribution in [3.05, 3.63) is 76.6 Å². The van der Waals surface area contributed by atoms with E-state index in [4.69, 9.17) is 0 Å². The van der Waals surface area contributed by atoms with E-state index in [9.17, 15) is 19.1 Å². The smallest absolute Gasteiger partial charge is 0.259 e. The van der Waals surface area contributed by atoms with E-state index in [0.717, 1.165) is 18.8 Å². The second kappa shape index (κ2) is 9.98. The number of aromatic amines is 1. The van der Waals surface area contributed by atoms with Crippen LogP contribution in [0.15, 0.2) is 59.7 Å². The number of nitrogens with zero attached hydrogens (tertiary/aromatic N) is 4. The van der Waals surface area contributed by atoms with Crippen LogP contribution in [0.25, 0.3) is 22.2 Å². The number of aliphatic hydroxyl groups is 1. The van der Waals surface area contributed by atoms with Gasteiger partial charge >= 0.3 is 0 Å². The van der Waals surface area contributed by atoms with Crippen LogP contribution in [0.4, 0.5) is 21.6 Å². The summed E-state index contributed by atoms with van der Waals surface area (Å²) in [4.78, 5) is 40.4. The van der Waals surface area contributed by atoms with Gasteiger partial charge < -0.3 is 25.2 Å². The number of anilines is 3. The topological polar surface area (TPSA) is 114 Å². The van der Waals surface area contributed by atoms with E-state index in [0.29, 0.717) is 40.8 Å². The second-order valence-corrected chi connectivity index (χ2v) is 9.26. The number of aromatic nitrogens is 3. The fourth-order valence-electron chi connectivity index (χ4n) is 4.45. The lowest BCUT2D eigenvalue weighted by Crippen LogP contribution is -2.35. The van der Waals surface area contributed by atoms with Crippen LogP contribution in [0.3, 0.4) is 0 Å². The van der Waals surface area contributed by atoms with Crippen molar-refractivity contribution in [3.8, 4) is 11.3 Å². The van der Waals surface area contributed by atoms with Gasteiger partial charge in [-0.05, 0) is 55.3 Å². The zero-order chi connectivity index (χ0) is 26.1. The minimum Gasteiger partial charge on any atom is -0.393 e. The molecule has 190 valence electrons. The molecule has 1 aliphatic heterocycles. The molecule has 4 heterocycles. The summed E-state index contributed by atoms with van der Waals surface area (Å²) < 4.78 is 14.9. The number of halogens is 1. The number of benzene rings is 1. The minimum absolute atomic E-state index is 0.147. The Morgan fingerprint density at radius 3 is 2.65 bits per heavy atom. The van der Waals surface area contributed by atoms with Crippen molar-refractivity contribution >= 4 is 34.0 Å². The number of pyridine rings is 3. The third-order valence-electron chi connectivity index (χ3n) is 6.47. The molecule has 3 N–H and O–H groups in total. The van der Waals surface area contributed by atoms with E-state index < -0.39 is 5.82 Å². The zero-order valence-electron chi connectivity index (χ0n) is 20.5. The fourth-order valence-corrected chi connectivity index (χ4v) is 4.45. The Labute approximate surface area is 212 Å². The number of hydrogen-bond acceptors (Lipinski definition) is 7. The van der Waals surface area contributed by atoms with Crippen molar-refractivity contribution in [1.29, 1.82) is 0 Å². The first-order chi connectivity index (χ1) is 17.8. The molecule has 1 amide bonds. The highest BCUT2D eigenvalue weighted by molar-refractivity contribution is 5.97. The number of nitrogens with one attached hydrogen (secondary N) is 2. The lowest BCUT2D eigenvalue weighted by atomic mass is 10.0. The summed E-state index contributed by atoms with van der Waals surface area (Å²) in [5.41, 5.74) is 2.12. The van der Waals surface area contributed by atoms with Gasteiger partial charge in [-0.2, -0.15) is 0 Å². The quantitative estimate of drug-likeness (QED) is 0.383. The highest BCUT2D eigenvalue weighted by Crippen LogP contribution is 2.31. The normalized spacial score (nSPS) is 14.1. The van der Waals surface area contributed by atoms with Crippen LogP contribution in [0, 0.1) is 5.82 Å². The Balaban J connectivity index is 1.53. The van der Waals surface area contributed by atoms with Gasteiger partial charge in [-0.15, -0.1) is 0 Å². The minimum atomic E-state index is -0.535. The summed E-state index contributed by atoms with van der Waals surface area (Å²) in [5, 5.41) is 13.2. The molecular formula is C27H27FN6O3. The molecule has 37 heavy (non-hydrogen) atoms. The number of fused-ring (bicyclic) bond motifs is 1. The van der Waals surface area contributed by atoms with Gasteiger partial charge in [0.2, 0.25) is 0 Å². The average Bonchev–Trinajstić information content (AvgIpc) is 2.89. The Kier molecular flexibility index (Phi) is 6.58. The lowest BCUT2D eigenvalue weighted by molar-refractivity contribution is 0.0827. The maximum atomic E-state index is 14.9. The van der Waals surface area contributed by atoms with Gasteiger partial charge in [-0.3, -0.25) is 9.59 Å². The average molecular weight is 503 g/mol. The first-order valence-electron chi connectivity index (χ1n) is 12.0. The van der Waals surface area contributed by atoms with Crippen LogP contribution in [0.5, 0.6) is 0 Å². The Hall–Kier alpha value is -4.31. The van der Waals surface area contributed by atoms with Gasteiger partial charge in [0.1, 0.15) is 11.6 Å². The monoisotopic (exact) mass is 502 g/mol. The van der Waals surface area contributed by atoms with Crippen LogP contribution in [-0.2, 0) is 0 Å². The molecule has 0 spiro atoms. The summed E-state index contributed by atoms with van der Waals surface area (Å²) in [6, 6.07) is 11.1. The van der Waals surface area contributed by atoms with Gasteiger partial charge in [0.25, 0.3) is 11.5 Å². The van der Waals surface area contributed by atoms with E-state index >= 15 is 0 Å². The number of H-pyrrole nitrogens is 1. The van der Waals surface area contributed by atoms with Gasteiger partial charge in [0, 0.05) is 44.5 Å². The van der Waals surface area contributed by atoms with Crippen LogP contribution in [0.1, 0.15) is 23.2 Å². The number of aliphatic hydroxyl groups excluding tert-OH is 1. The highest BCUT2D eigenvalue weighted by atomic mass is 19.1. The molecule has 9 nitrogen and oxygen atoms in total. The largest absolute Gasteiger partial charge is 0.393 e. The maximum Gasteiger partial charge on any atom is 0.259 e. The van der Waals surface area contributed by atoms with Gasteiger partial charge in [0.15, 0.2) is 0 Å². The summed E-state index contributed by atoms with van der Waals surface area (Å²) >= 11 is 0. The Morgan fingerprint density at radius 1 is 1.16 bits per heavy atom. The third-order valence-corrected chi connectivity index (χ3v) is 6.47. The van der Waals surface area contributed by atoms with Crippen LogP contribution in [-0.4, -0.2) is 64.2 Å². The molecule has 1 saturated heterocycles. The van der Waals surface area contributed by atoms with Crippen LogP contribution >= 0.6 is 0 Å². The number of piperidine rings is 1. The molecule has 0 radical (unpaired) electrons.